The van der Waals surface area contributed by atoms with E-state index < -0.39 is 0 Å². The number of nitrogens with zero attached hydrogens (tertiary/aromatic N) is 2. The van der Waals surface area contributed by atoms with Crippen LogP contribution in [0.25, 0.3) is 0 Å². The molecule has 16 heavy (non-hydrogen) atoms. The van der Waals surface area contributed by atoms with Crippen molar-refractivity contribution in [1.29, 1.82) is 0 Å². The molecule has 0 spiro atoms. The van der Waals surface area contributed by atoms with Gasteiger partial charge >= 0.3 is 0 Å². The number of nitrogens with one attached hydrogen (secondary N) is 1. The second kappa shape index (κ2) is 7.44. The van der Waals surface area contributed by atoms with Gasteiger partial charge in [0.1, 0.15) is 0 Å². The lowest BCUT2D eigenvalue weighted by Crippen LogP contribution is -2.15. The van der Waals surface area contributed by atoms with Gasteiger partial charge in [0.15, 0.2) is 0 Å². The Morgan fingerprint density at radius 3 is 2.88 bits per heavy atom. The summed E-state index contributed by atoms with van der Waals surface area (Å²) in [6.07, 6.45) is 9.16. The van der Waals surface area contributed by atoms with Crippen LogP contribution in [0.1, 0.15) is 45.2 Å². The van der Waals surface area contributed by atoms with E-state index in [-0.39, 0.29) is 0 Å². The highest BCUT2D eigenvalue weighted by Crippen LogP contribution is 2.16. The van der Waals surface area contributed by atoms with Gasteiger partial charge < -0.3 is 9.88 Å². The lowest BCUT2D eigenvalue weighted by atomic mass is 9.99. The van der Waals surface area contributed by atoms with Crippen molar-refractivity contribution in [2.24, 2.45) is 5.92 Å². The Balaban J connectivity index is 2.51. The highest BCUT2D eigenvalue weighted by molar-refractivity contribution is 4.97. The zero-order valence-corrected chi connectivity index (χ0v) is 10.9. The van der Waals surface area contributed by atoms with Crippen molar-refractivity contribution in [1.82, 2.24) is 14.9 Å². The first-order chi connectivity index (χ1) is 7.81. The summed E-state index contributed by atoms with van der Waals surface area (Å²) in [6, 6.07) is 0. The van der Waals surface area contributed by atoms with Crippen molar-refractivity contribution in [2.45, 2.75) is 52.6 Å². The molecule has 0 aliphatic carbocycles. The maximum absolute atomic E-state index is 4.23. The molecule has 3 heteroatoms. The van der Waals surface area contributed by atoms with Gasteiger partial charge in [0, 0.05) is 19.3 Å². The molecule has 0 fully saturated rings. The number of rotatable bonds is 8. The Morgan fingerprint density at radius 2 is 2.25 bits per heavy atom. The fraction of sp³-hybridized carbons (Fsp3) is 0.769. The number of unbranched alkanes of at least 4 members (excludes halogenated alkanes) is 1. The molecular formula is C13H25N3. The molecule has 1 heterocycles. The quantitative estimate of drug-likeness (QED) is 0.734. The largest absolute Gasteiger partial charge is 0.333 e. The minimum atomic E-state index is 0.796. The van der Waals surface area contributed by atoms with Crippen LogP contribution >= 0.6 is 0 Å². The van der Waals surface area contributed by atoms with Gasteiger partial charge in [-0.2, -0.15) is 0 Å². The van der Waals surface area contributed by atoms with Gasteiger partial charge in [-0.3, -0.25) is 0 Å². The van der Waals surface area contributed by atoms with E-state index in [1.165, 1.54) is 31.4 Å². The SMILES string of the molecule is CCCCC(CC)Cn1cncc1CNC. The molecule has 3 nitrogen and oxygen atoms in total. The first kappa shape index (κ1) is 13.2. The fourth-order valence-corrected chi connectivity index (χ4v) is 2.04. The second-order valence-corrected chi connectivity index (χ2v) is 4.48. The molecular weight excluding hydrogens is 198 g/mol. The summed E-state index contributed by atoms with van der Waals surface area (Å²) in [5.41, 5.74) is 1.29. The molecule has 1 rings (SSSR count). The molecule has 1 unspecified atom stereocenters. The third-order valence-electron chi connectivity index (χ3n) is 3.15. The Morgan fingerprint density at radius 1 is 1.44 bits per heavy atom. The molecule has 0 amide bonds. The summed E-state index contributed by atoms with van der Waals surface area (Å²) in [7, 11) is 1.98. The minimum Gasteiger partial charge on any atom is -0.333 e. The zero-order chi connectivity index (χ0) is 11.8. The van der Waals surface area contributed by atoms with Crippen LogP contribution in [-0.4, -0.2) is 16.6 Å². The van der Waals surface area contributed by atoms with Gasteiger partial charge in [-0.05, 0) is 19.4 Å². The predicted octanol–water partition coefficient (Wildman–Crippen LogP) is 2.82. The van der Waals surface area contributed by atoms with E-state index >= 15 is 0 Å². The van der Waals surface area contributed by atoms with E-state index in [4.69, 9.17) is 0 Å². The molecule has 1 aromatic heterocycles. The second-order valence-electron chi connectivity index (χ2n) is 4.48. The third-order valence-corrected chi connectivity index (χ3v) is 3.15. The van der Waals surface area contributed by atoms with Gasteiger partial charge in [-0.15, -0.1) is 0 Å². The van der Waals surface area contributed by atoms with E-state index in [2.05, 4.69) is 28.7 Å². The molecule has 1 N–H and O–H groups in total. The van der Waals surface area contributed by atoms with E-state index in [0.29, 0.717) is 0 Å². The van der Waals surface area contributed by atoms with E-state index in [9.17, 15) is 0 Å². The first-order valence-corrected chi connectivity index (χ1v) is 6.45. The summed E-state index contributed by atoms with van der Waals surface area (Å²) in [6.45, 7) is 6.57. The highest BCUT2D eigenvalue weighted by atomic mass is 15.1. The molecule has 0 saturated heterocycles. The Labute approximate surface area is 99.3 Å². The Kier molecular flexibility index (Phi) is 6.16. The Bertz CT molecular complexity index is 280. The van der Waals surface area contributed by atoms with Crippen molar-refractivity contribution < 1.29 is 0 Å². The monoisotopic (exact) mass is 223 g/mol. The molecule has 1 atom stereocenters. The fourth-order valence-electron chi connectivity index (χ4n) is 2.04. The van der Waals surface area contributed by atoms with Gasteiger partial charge in [0.25, 0.3) is 0 Å². The minimum absolute atomic E-state index is 0.796. The van der Waals surface area contributed by atoms with Crippen molar-refractivity contribution in [3.63, 3.8) is 0 Å². The van der Waals surface area contributed by atoms with Gasteiger partial charge in [-0.1, -0.05) is 33.1 Å². The van der Waals surface area contributed by atoms with E-state index in [1.807, 2.05) is 19.6 Å². The van der Waals surface area contributed by atoms with Crippen molar-refractivity contribution in [3.8, 4) is 0 Å². The lowest BCUT2D eigenvalue weighted by Gasteiger charge is -2.16. The van der Waals surface area contributed by atoms with Crippen molar-refractivity contribution in [2.75, 3.05) is 7.05 Å². The maximum Gasteiger partial charge on any atom is 0.0948 e. The van der Waals surface area contributed by atoms with E-state index in [0.717, 1.165) is 19.0 Å². The maximum atomic E-state index is 4.23. The van der Waals surface area contributed by atoms with Crippen LogP contribution in [0.2, 0.25) is 0 Å². The molecule has 0 radical (unpaired) electrons. The molecule has 0 aromatic carbocycles. The number of hydrogen-bond donors (Lipinski definition) is 1. The standard InChI is InChI=1S/C13H25N3/c1-4-6-7-12(5-2)10-16-11-15-9-13(16)8-14-3/h9,11-12,14H,4-8,10H2,1-3H3. The lowest BCUT2D eigenvalue weighted by molar-refractivity contribution is 0.384. The summed E-state index contributed by atoms with van der Waals surface area (Å²) < 4.78 is 2.29. The third kappa shape index (κ3) is 3.97. The van der Waals surface area contributed by atoms with Crippen molar-refractivity contribution in [3.05, 3.63) is 18.2 Å². The molecule has 0 aliphatic rings. The average molecular weight is 223 g/mol. The van der Waals surface area contributed by atoms with Crippen LogP contribution in [0.4, 0.5) is 0 Å². The van der Waals surface area contributed by atoms with Crippen LogP contribution in [0.5, 0.6) is 0 Å². The molecule has 0 saturated carbocycles. The first-order valence-electron chi connectivity index (χ1n) is 6.45. The van der Waals surface area contributed by atoms with Crippen LogP contribution in [-0.2, 0) is 13.1 Å². The Hall–Kier alpha value is -0.830. The van der Waals surface area contributed by atoms with Gasteiger partial charge in [-0.25, -0.2) is 4.98 Å². The van der Waals surface area contributed by atoms with Crippen LogP contribution < -0.4 is 5.32 Å². The van der Waals surface area contributed by atoms with Gasteiger partial charge in [0.05, 0.1) is 12.0 Å². The van der Waals surface area contributed by atoms with Crippen LogP contribution in [0.3, 0.4) is 0 Å². The summed E-state index contributed by atoms with van der Waals surface area (Å²) >= 11 is 0. The zero-order valence-electron chi connectivity index (χ0n) is 10.9. The molecule has 1 aromatic rings. The summed E-state index contributed by atoms with van der Waals surface area (Å²) in [4.78, 5) is 4.23. The van der Waals surface area contributed by atoms with E-state index in [1.54, 1.807) is 0 Å². The van der Waals surface area contributed by atoms with Crippen LogP contribution in [0, 0.1) is 5.92 Å². The van der Waals surface area contributed by atoms with Gasteiger partial charge in [0.2, 0.25) is 0 Å². The predicted molar refractivity (Wildman–Crippen MR) is 68.3 cm³/mol. The molecule has 92 valence electrons. The summed E-state index contributed by atoms with van der Waals surface area (Å²) in [5, 5.41) is 3.18. The van der Waals surface area contributed by atoms with Crippen LogP contribution in [0.15, 0.2) is 12.5 Å². The smallest absolute Gasteiger partial charge is 0.0948 e. The topological polar surface area (TPSA) is 29.9 Å². The highest BCUT2D eigenvalue weighted by Gasteiger charge is 2.09. The number of imidazole rings is 1. The molecule has 0 bridgehead atoms. The normalized spacial score (nSPS) is 12.9. The number of aromatic nitrogens is 2. The molecule has 0 aliphatic heterocycles. The van der Waals surface area contributed by atoms with Crippen molar-refractivity contribution >= 4 is 0 Å². The average Bonchev–Trinajstić information content (AvgIpc) is 2.72. The number of hydrogen-bond acceptors (Lipinski definition) is 2. The summed E-state index contributed by atoms with van der Waals surface area (Å²) in [5.74, 6) is 0.796.